The van der Waals surface area contributed by atoms with Gasteiger partial charge in [0, 0.05) is 5.33 Å². The van der Waals surface area contributed by atoms with Crippen molar-refractivity contribution in [2.45, 2.75) is 13.0 Å². The van der Waals surface area contributed by atoms with Crippen molar-refractivity contribution < 1.29 is 14.6 Å². The van der Waals surface area contributed by atoms with Crippen LogP contribution in [0.15, 0.2) is 12.7 Å². The van der Waals surface area contributed by atoms with Crippen LogP contribution in [0.5, 0.6) is 0 Å². The van der Waals surface area contributed by atoms with Crippen LogP contribution in [0, 0.1) is 5.92 Å². The second-order valence-corrected chi connectivity index (χ2v) is 2.88. The number of aliphatic hydroxyl groups excluding tert-OH is 1. The molecule has 0 saturated carbocycles. The van der Waals surface area contributed by atoms with Gasteiger partial charge >= 0.3 is 5.97 Å². The Balaban J connectivity index is 4.13. The van der Waals surface area contributed by atoms with Crippen LogP contribution in [0.2, 0.25) is 0 Å². The van der Waals surface area contributed by atoms with Gasteiger partial charge in [0.15, 0.2) is 0 Å². The fourth-order valence-corrected chi connectivity index (χ4v) is 1.15. The molecule has 0 heterocycles. The third-order valence-corrected chi connectivity index (χ3v) is 2.05. The van der Waals surface area contributed by atoms with Gasteiger partial charge in [-0.15, -0.1) is 6.58 Å². The van der Waals surface area contributed by atoms with Crippen molar-refractivity contribution in [2.75, 3.05) is 11.9 Å². The zero-order valence-corrected chi connectivity index (χ0v) is 8.58. The molecular weight excluding hydrogens is 224 g/mol. The summed E-state index contributed by atoms with van der Waals surface area (Å²) in [5, 5.41) is 9.63. The van der Waals surface area contributed by atoms with E-state index in [1.165, 1.54) is 6.08 Å². The smallest absolute Gasteiger partial charge is 0.315 e. The first-order chi connectivity index (χ1) is 5.67. The van der Waals surface area contributed by atoms with Crippen molar-refractivity contribution in [1.82, 2.24) is 0 Å². The van der Waals surface area contributed by atoms with E-state index < -0.39 is 18.0 Å². The first kappa shape index (κ1) is 11.6. The molecule has 0 aromatic heterocycles. The minimum absolute atomic E-state index is 0.318. The number of hydrogen-bond acceptors (Lipinski definition) is 3. The molecule has 0 saturated heterocycles. The molecular formula is C8H13BrO3. The predicted molar refractivity (Wildman–Crippen MR) is 50.1 cm³/mol. The van der Waals surface area contributed by atoms with E-state index in [-0.39, 0.29) is 0 Å². The quantitative estimate of drug-likeness (QED) is 0.442. The molecule has 0 unspecified atom stereocenters. The van der Waals surface area contributed by atoms with E-state index in [1.54, 1.807) is 6.92 Å². The SMILES string of the molecule is C=C[C@H](C(=O)OCC)[C@H](O)CBr. The second kappa shape index (κ2) is 6.20. The standard InChI is InChI=1S/C8H13BrO3/c1-3-6(7(10)5-9)8(11)12-4-2/h3,6-7,10H,1,4-5H2,2H3/t6-,7+/m0/s1. The van der Waals surface area contributed by atoms with Crippen LogP contribution in [0.3, 0.4) is 0 Å². The van der Waals surface area contributed by atoms with Gasteiger partial charge in [0.2, 0.25) is 0 Å². The Kier molecular flexibility index (Phi) is 6.02. The topological polar surface area (TPSA) is 46.5 Å². The lowest BCUT2D eigenvalue weighted by Crippen LogP contribution is -2.29. The van der Waals surface area contributed by atoms with Crippen molar-refractivity contribution in [3.05, 3.63) is 12.7 Å². The van der Waals surface area contributed by atoms with Crippen molar-refractivity contribution in [1.29, 1.82) is 0 Å². The van der Waals surface area contributed by atoms with Crippen LogP contribution < -0.4 is 0 Å². The number of carbonyl (C=O) groups excluding carboxylic acids is 1. The molecule has 0 spiro atoms. The van der Waals surface area contributed by atoms with E-state index in [4.69, 9.17) is 4.74 Å². The van der Waals surface area contributed by atoms with Gasteiger partial charge in [-0.3, -0.25) is 4.79 Å². The maximum absolute atomic E-state index is 11.1. The first-order valence-corrected chi connectivity index (χ1v) is 4.82. The van der Waals surface area contributed by atoms with Crippen molar-refractivity contribution in [3.63, 3.8) is 0 Å². The number of esters is 1. The zero-order valence-electron chi connectivity index (χ0n) is 7.00. The highest BCUT2D eigenvalue weighted by atomic mass is 79.9. The Bertz CT molecular complexity index is 158. The highest BCUT2D eigenvalue weighted by Gasteiger charge is 2.23. The molecule has 2 atom stereocenters. The second-order valence-electron chi connectivity index (χ2n) is 2.24. The Labute approximate surface area is 80.5 Å². The number of hydrogen-bond donors (Lipinski definition) is 1. The average Bonchev–Trinajstić information content (AvgIpc) is 2.06. The maximum Gasteiger partial charge on any atom is 0.315 e. The van der Waals surface area contributed by atoms with Gasteiger partial charge in [-0.2, -0.15) is 0 Å². The number of alkyl halides is 1. The number of aliphatic hydroxyl groups is 1. The van der Waals surface area contributed by atoms with Crippen LogP contribution in [-0.2, 0) is 9.53 Å². The number of carbonyl (C=O) groups is 1. The van der Waals surface area contributed by atoms with Gasteiger partial charge in [0.1, 0.15) is 5.92 Å². The van der Waals surface area contributed by atoms with Gasteiger partial charge in [0.25, 0.3) is 0 Å². The third kappa shape index (κ3) is 3.36. The highest BCUT2D eigenvalue weighted by Crippen LogP contribution is 2.09. The molecule has 0 aliphatic heterocycles. The van der Waals surface area contributed by atoms with E-state index in [9.17, 15) is 9.90 Å². The Morgan fingerprint density at radius 3 is 2.75 bits per heavy atom. The van der Waals surface area contributed by atoms with Crippen LogP contribution in [0.1, 0.15) is 6.92 Å². The van der Waals surface area contributed by atoms with Crippen molar-refractivity contribution in [3.8, 4) is 0 Å². The molecule has 4 heteroatoms. The van der Waals surface area contributed by atoms with Gasteiger partial charge in [-0.05, 0) is 6.92 Å². The molecule has 0 bridgehead atoms. The molecule has 0 aliphatic carbocycles. The number of halogens is 1. The Morgan fingerprint density at radius 2 is 2.42 bits per heavy atom. The summed E-state index contributed by atoms with van der Waals surface area (Å²) >= 11 is 3.07. The molecule has 12 heavy (non-hydrogen) atoms. The van der Waals surface area contributed by atoms with Crippen molar-refractivity contribution >= 4 is 21.9 Å². The summed E-state index contributed by atoms with van der Waals surface area (Å²) in [5.74, 6) is -1.07. The molecule has 0 rings (SSSR count). The lowest BCUT2D eigenvalue weighted by molar-refractivity contribution is -0.149. The van der Waals surface area contributed by atoms with E-state index in [1.807, 2.05) is 0 Å². The molecule has 0 aliphatic rings. The third-order valence-electron chi connectivity index (χ3n) is 1.39. The predicted octanol–water partition coefficient (Wildman–Crippen LogP) is 1.11. The van der Waals surface area contributed by atoms with Gasteiger partial charge in [-0.25, -0.2) is 0 Å². The summed E-state index contributed by atoms with van der Waals surface area (Å²) < 4.78 is 4.73. The lowest BCUT2D eigenvalue weighted by Gasteiger charge is -2.15. The summed E-state index contributed by atoms with van der Waals surface area (Å²) in [7, 11) is 0. The Hall–Kier alpha value is -0.350. The van der Waals surface area contributed by atoms with Crippen LogP contribution in [0.25, 0.3) is 0 Å². The maximum atomic E-state index is 11.1. The van der Waals surface area contributed by atoms with Crippen LogP contribution >= 0.6 is 15.9 Å². The minimum Gasteiger partial charge on any atom is -0.465 e. The summed E-state index contributed by atoms with van der Waals surface area (Å²) in [6.07, 6.45) is 0.630. The zero-order chi connectivity index (χ0) is 9.56. The molecule has 0 amide bonds. The minimum atomic E-state index is -0.762. The lowest BCUT2D eigenvalue weighted by atomic mass is 10.1. The summed E-state index contributed by atoms with van der Waals surface area (Å²) in [5.41, 5.74) is 0. The van der Waals surface area contributed by atoms with E-state index in [0.717, 1.165) is 0 Å². The molecule has 0 aromatic rings. The molecule has 3 nitrogen and oxygen atoms in total. The summed E-state index contributed by atoms with van der Waals surface area (Å²) in [6.45, 7) is 5.49. The van der Waals surface area contributed by atoms with Gasteiger partial charge < -0.3 is 9.84 Å². The summed E-state index contributed by atoms with van der Waals surface area (Å²) in [6, 6.07) is 0. The van der Waals surface area contributed by atoms with Gasteiger partial charge in [0.05, 0.1) is 12.7 Å². The molecule has 1 N–H and O–H groups in total. The van der Waals surface area contributed by atoms with Crippen LogP contribution in [0.4, 0.5) is 0 Å². The monoisotopic (exact) mass is 236 g/mol. The van der Waals surface area contributed by atoms with Gasteiger partial charge in [-0.1, -0.05) is 22.0 Å². The fraction of sp³-hybridized carbons (Fsp3) is 0.625. The highest BCUT2D eigenvalue weighted by molar-refractivity contribution is 9.09. The largest absolute Gasteiger partial charge is 0.465 e. The normalized spacial score (nSPS) is 14.9. The molecule has 70 valence electrons. The van der Waals surface area contributed by atoms with Crippen molar-refractivity contribution in [2.24, 2.45) is 5.92 Å². The van der Waals surface area contributed by atoms with Crippen LogP contribution in [-0.4, -0.2) is 29.1 Å². The molecule has 0 radical (unpaired) electrons. The van der Waals surface area contributed by atoms with E-state index in [2.05, 4.69) is 22.5 Å². The molecule has 0 fully saturated rings. The average molecular weight is 237 g/mol. The fourth-order valence-electron chi connectivity index (χ4n) is 0.745. The summed E-state index contributed by atoms with van der Waals surface area (Å²) in [4.78, 5) is 11.1. The van der Waals surface area contributed by atoms with E-state index in [0.29, 0.717) is 11.9 Å². The Morgan fingerprint density at radius 1 is 1.83 bits per heavy atom. The van der Waals surface area contributed by atoms with E-state index >= 15 is 0 Å². The number of rotatable bonds is 5. The number of ether oxygens (including phenoxy) is 1. The first-order valence-electron chi connectivity index (χ1n) is 3.70. The molecule has 0 aromatic carbocycles.